The molecule has 2 N–H and O–H groups in total. The Kier molecular flexibility index (Phi) is 5.62. The van der Waals surface area contributed by atoms with E-state index in [2.05, 4.69) is 16.0 Å². The van der Waals surface area contributed by atoms with Crippen molar-refractivity contribution in [2.45, 2.75) is 82.6 Å². The van der Waals surface area contributed by atoms with Crippen molar-refractivity contribution < 1.29 is 19.1 Å². The third-order valence-corrected chi connectivity index (χ3v) is 10.1. The Morgan fingerprint density at radius 3 is 2.59 bits per heavy atom. The van der Waals surface area contributed by atoms with Gasteiger partial charge in [0, 0.05) is 35.0 Å². The Hall–Kier alpha value is -2.78. The molecule has 4 saturated carbocycles. The van der Waals surface area contributed by atoms with E-state index in [4.69, 9.17) is 9.72 Å². The van der Waals surface area contributed by atoms with E-state index in [1.165, 1.54) is 38.5 Å². The van der Waals surface area contributed by atoms with E-state index in [0.717, 1.165) is 40.6 Å². The number of hydrogen-bond acceptors (Lipinski definition) is 7. The minimum absolute atomic E-state index is 0.193. The Morgan fingerprint density at radius 2 is 1.86 bits per heavy atom. The standard InChI is InChI=1S/C28H32N4O4S/c33-24-5-4-22(26(34)31-24)32-13-21-20(27(32)35)2-1-3-23(21)36-14-19-15-37-25(30-19)12-29-28-9-16-6-17(10-28)8-18(7-16)11-28/h1-3,15-18,22,29H,4-14H2,(H,31,33,34). The van der Waals surface area contributed by atoms with E-state index in [-0.39, 0.29) is 18.2 Å². The number of thiazole rings is 1. The van der Waals surface area contributed by atoms with Crippen LogP contribution in [0.25, 0.3) is 0 Å². The van der Waals surface area contributed by atoms with Gasteiger partial charge in [-0.1, -0.05) is 6.07 Å². The van der Waals surface area contributed by atoms with Crippen molar-refractivity contribution in [3.63, 3.8) is 0 Å². The predicted molar refractivity (Wildman–Crippen MR) is 137 cm³/mol. The highest BCUT2D eigenvalue weighted by Gasteiger charge is 2.50. The number of nitrogens with zero attached hydrogens (tertiary/aromatic N) is 2. The lowest BCUT2D eigenvalue weighted by molar-refractivity contribution is -0.136. The van der Waals surface area contributed by atoms with Gasteiger partial charge in [0.25, 0.3) is 5.91 Å². The van der Waals surface area contributed by atoms with Crippen LogP contribution in [0.3, 0.4) is 0 Å². The van der Waals surface area contributed by atoms with Crippen LogP contribution in [-0.2, 0) is 29.3 Å². The van der Waals surface area contributed by atoms with Crippen molar-refractivity contribution >= 4 is 29.1 Å². The average Bonchev–Trinajstić information content (AvgIpc) is 3.45. The SMILES string of the molecule is O=C1CCC(N2Cc3c(OCc4csc(CNC56CC7CC(CC(C7)C5)C6)n4)cccc3C2=O)C(=O)N1. The number of amides is 3. The van der Waals surface area contributed by atoms with Crippen molar-refractivity contribution in [3.05, 3.63) is 45.4 Å². The summed E-state index contributed by atoms with van der Waals surface area (Å²) in [6.45, 7) is 1.44. The molecule has 6 aliphatic rings. The van der Waals surface area contributed by atoms with Crippen molar-refractivity contribution in [1.82, 2.24) is 20.5 Å². The predicted octanol–water partition coefficient (Wildman–Crippen LogP) is 3.54. The molecule has 1 saturated heterocycles. The lowest BCUT2D eigenvalue weighted by Crippen LogP contribution is -2.58. The fraction of sp³-hybridized carbons (Fsp3) is 0.571. The van der Waals surface area contributed by atoms with Crippen LogP contribution in [0, 0.1) is 17.8 Å². The fourth-order valence-corrected chi connectivity index (χ4v) is 8.65. The zero-order valence-electron chi connectivity index (χ0n) is 20.8. The molecule has 8 rings (SSSR count). The quantitative estimate of drug-likeness (QED) is 0.542. The number of nitrogens with one attached hydrogen (secondary N) is 2. The molecule has 0 radical (unpaired) electrons. The lowest BCUT2D eigenvalue weighted by atomic mass is 9.53. The first-order valence-electron chi connectivity index (χ1n) is 13.5. The van der Waals surface area contributed by atoms with Gasteiger partial charge in [0.2, 0.25) is 11.8 Å². The summed E-state index contributed by atoms with van der Waals surface area (Å²) in [5.74, 6) is 2.52. The number of ether oxygens (including phenoxy) is 1. The zero-order chi connectivity index (χ0) is 25.1. The maximum atomic E-state index is 13.0. The molecule has 8 nitrogen and oxygen atoms in total. The molecule has 0 spiro atoms. The maximum Gasteiger partial charge on any atom is 0.255 e. The van der Waals surface area contributed by atoms with E-state index < -0.39 is 11.9 Å². The van der Waals surface area contributed by atoms with Crippen LogP contribution < -0.4 is 15.4 Å². The molecule has 3 amide bonds. The molecular formula is C28H32N4O4S. The number of hydrogen-bond donors (Lipinski definition) is 2. The van der Waals surface area contributed by atoms with Crippen LogP contribution in [0.1, 0.15) is 78.0 Å². The van der Waals surface area contributed by atoms with Gasteiger partial charge >= 0.3 is 0 Å². The van der Waals surface area contributed by atoms with Gasteiger partial charge in [0.1, 0.15) is 23.4 Å². The fourth-order valence-electron chi connectivity index (χ4n) is 7.93. The molecule has 37 heavy (non-hydrogen) atoms. The lowest BCUT2D eigenvalue weighted by Gasteiger charge is -2.57. The highest BCUT2D eigenvalue weighted by Crippen LogP contribution is 2.55. The van der Waals surface area contributed by atoms with E-state index in [9.17, 15) is 14.4 Å². The Morgan fingerprint density at radius 1 is 1.11 bits per heavy atom. The second-order valence-corrected chi connectivity index (χ2v) is 12.7. The summed E-state index contributed by atoms with van der Waals surface area (Å²) >= 11 is 1.67. The minimum atomic E-state index is -0.631. The molecule has 2 aromatic rings. The molecular weight excluding hydrogens is 488 g/mol. The minimum Gasteiger partial charge on any atom is -0.487 e. The van der Waals surface area contributed by atoms with Crippen molar-refractivity contribution in [2.24, 2.45) is 17.8 Å². The van der Waals surface area contributed by atoms with Gasteiger partial charge < -0.3 is 15.0 Å². The summed E-state index contributed by atoms with van der Waals surface area (Å²) in [5, 5.41) is 9.42. The van der Waals surface area contributed by atoms with Crippen LogP contribution in [0.4, 0.5) is 0 Å². The van der Waals surface area contributed by atoms with Crippen LogP contribution in [0.5, 0.6) is 5.75 Å². The summed E-state index contributed by atoms with van der Waals surface area (Å²) in [6, 6.07) is 4.81. The molecule has 5 fully saturated rings. The van der Waals surface area contributed by atoms with Crippen molar-refractivity contribution in [3.8, 4) is 5.75 Å². The number of aromatic nitrogens is 1. The topological polar surface area (TPSA) is 101 Å². The van der Waals surface area contributed by atoms with Crippen LogP contribution >= 0.6 is 11.3 Å². The highest BCUT2D eigenvalue weighted by molar-refractivity contribution is 7.09. The second kappa shape index (κ2) is 8.91. The van der Waals surface area contributed by atoms with E-state index >= 15 is 0 Å². The number of carbonyl (C=O) groups is 3. The molecule has 4 bridgehead atoms. The number of benzene rings is 1. The van der Waals surface area contributed by atoms with Crippen molar-refractivity contribution in [2.75, 3.05) is 0 Å². The number of carbonyl (C=O) groups excluding carboxylic acids is 3. The largest absolute Gasteiger partial charge is 0.487 e. The first kappa shape index (κ1) is 23.3. The van der Waals surface area contributed by atoms with Crippen LogP contribution in [-0.4, -0.2) is 39.2 Å². The van der Waals surface area contributed by atoms with Crippen LogP contribution in [0.2, 0.25) is 0 Å². The maximum absolute atomic E-state index is 13.0. The van der Waals surface area contributed by atoms with E-state index in [1.54, 1.807) is 22.3 Å². The van der Waals surface area contributed by atoms with Gasteiger partial charge in [0.15, 0.2) is 0 Å². The summed E-state index contributed by atoms with van der Waals surface area (Å²) in [7, 11) is 0. The number of fused-ring (bicyclic) bond motifs is 1. The molecule has 194 valence electrons. The van der Waals surface area contributed by atoms with Crippen molar-refractivity contribution in [1.29, 1.82) is 0 Å². The summed E-state index contributed by atoms with van der Waals surface area (Å²) < 4.78 is 6.14. The monoisotopic (exact) mass is 520 g/mol. The third-order valence-electron chi connectivity index (χ3n) is 9.17. The summed E-state index contributed by atoms with van der Waals surface area (Å²) in [5.41, 5.74) is 2.55. The Labute approximate surface area is 220 Å². The van der Waals surface area contributed by atoms with Gasteiger partial charge in [-0.3, -0.25) is 19.7 Å². The molecule has 1 atom stereocenters. The van der Waals surface area contributed by atoms with E-state index in [1.807, 2.05) is 12.1 Å². The first-order chi connectivity index (χ1) is 17.9. The summed E-state index contributed by atoms with van der Waals surface area (Å²) in [4.78, 5) is 43.3. The second-order valence-electron chi connectivity index (χ2n) is 11.8. The third kappa shape index (κ3) is 4.26. The molecule has 2 aliphatic heterocycles. The van der Waals surface area contributed by atoms with Crippen LogP contribution in [0.15, 0.2) is 23.6 Å². The first-order valence-corrected chi connectivity index (χ1v) is 14.4. The van der Waals surface area contributed by atoms with Gasteiger partial charge in [-0.2, -0.15) is 0 Å². The molecule has 1 unspecified atom stereocenters. The van der Waals surface area contributed by atoms with Gasteiger partial charge in [-0.05, 0) is 74.8 Å². The summed E-state index contributed by atoms with van der Waals surface area (Å²) in [6.07, 6.45) is 8.90. The number of rotatable bonds is 7. The van der Waals surface area contributed by atoms with Gasteiger partial charge in [-0.25, -0.2) is 4.98 Å². The number of piperidine rings is 1. The zero-order valence-corrected chi connectivity index (χ0v) is 21.6. The average molecular weight is 521 g/mol. The molecule has 9 heteroatoms. The molecule has 4 aliphatic carbocycles. The number of imide groups is 1. The molecule has 3 heterocycles. The van der Waals surface area contributed by atoms with Gasteiger partial charge in [0.05, 0.1) is 12.2 Å². The Bertz CT molecular complexity index is 1240. The molecule has 1 aromatic carbocycles. The van der Waals surface area contributed by atoms with E-state index in [0.29, 0.717) is 36.4 Å². The smallest absolute Gasteiger partial charge is 0.255 e. The molecule has 1 aromatic heterocycles. The Balaban J connectivity index is 0.985. The van der Waals surface area contributed by atoms with Gasteiger partial charge in [-0.15, -0.1) is 11.3 Å². The normalized spacial score (nSPS) is 32.1. The highest BCUT2D eigenvalue weighted by atomic mass is 32.1.